The molecule has 0 unspecified atom stereocenters. The second-order valence-corrected chi connectivity index (χ2v) is 6.95. The molecule has 1 aromatic carbocycles. The standard InChI is InChI=1S/C20H25FN4O3/c1-14-18(15(2)23(3)22-14)12-20(27)28-13-19(26)25-10-8-24(9-11-25)17-6-4-16(21)5-7-17/h4-7H,8-13H2,1-3H3. The molecule has 1 aliphatic heterocycles. The first-order valence-electron chi connectivity index (χ1n) is 9.28. The van der Waals surface area contributed by atoms with Gasteiger partial charge in [-0.15, -0.1) is 0 Å². The van der Waals surface area contributed by atoms with E-state index in [1.54, 1.807) is 21.7 Å². The fraction of sp³-hybridized carbons (Fsp3) is 0.450. The molecule has 1 saturated heterocycles. The molecule has 28 heavy (non-hydrogen) atoms. The summed E-state index contributed by atoms with van der Waals surface area (Å²) in [6.45, 7) is 5.87. The molecule has 0 saturated carbocycles. The van der Waals surface area contributed by atoms with Crippen molar-refractivity contribution in [3.8, 4) is 0 Å². The molecule has 1 aliphatic rings. The van der Waals surface area contributed by atoms with E-state index >= 15 is 0 Å². The third-order valence-electron chi connectivity index (χ3n) is 5.16. The molecule has 2 heterocycles. The minimum absolute atomic E-state index is 0.108. The molecule has 0 bridgehead atoms. The molecular weight excluding hydrogens is 363 g/mol. The van der Waals surface area contributed by atoms with E-state index in [9.17, 15) is 14.0 Å². The number of aryl methyl sites for hydroxylation is 2. The summed E-state index contributed by atoms with van der Waals surface area (Å²) in [5, 5.41) is 4.28. The first-order chi connectivity index (χ1) is 13.3. The van der Waals surface area contributed by atoms with E-state index in [0.717, 1.165) is 22.6 Å². The summed E-state index contributed by atoms with van der Waals surface area (Å²) in [5.74, 6) is -0.903. The van der Waals surface area contributed by atoms with Crippen molar-refractivity contribution < 1.29 is 18.7 Å². The Bertz CT molecular complexity index is 855. The Hall–Kier alpha value is -2.90. The molecule has 1 aromatic heterocycles. The topological polar surface area (TPSA) is 67.7 Å². The summed E-state index contributed by atoms with van der Waals surface area (Å²) in [6, 6.07) is 6.32. The van der Waals surface area contributed by atoms with Crippen molar-refractivity contribution in [1.29, 1.82) is 0 Å². The van der Waals surface area contributed by atoms with Gasteiger partial charge in [0, 0.05) is 50.2 Å². The zero-order valence-corrected chi connectivity index (χ0v) is 16.4. The Morgan fingerprint density at radius 3 is 2.32 bits per heavy atom. The molecule has 0 aliphatic carbocycles. The van der Waals surface area contributed by atoms with E-state index in [1.807, 2.05) is 20.9 Å². The van der Waals surface area contributed by atoms with Crippen LogP contribution in [-0.2, 0) is 27.8 Å². The normalized spacial score (nSPS) is 14.3. The first kappa shape index (κ1) is 19.9. The highest BCUT2D eigenvalue weighted by atomic mass is 19.1. The van der Waals surface area contributed by atoms with Crippen LogP contribution in [-0.4, -0.2) is 59.3 Å². The van der Waals surface area contributed by atoms with Gasteiger partial charge in [0.1, 0.15) is 5.82 Å². The van der Waals surface area contributed by atoms with Crippen molar-refractivity contribution >= 4 is 17.6 Å². The number of halogens is 1. The van der Waals surface area contributed by atoms with Gasteiger partial charge < -0.3 is 14.5 Å². The Labute approximate surface area is 163 Å². The van der Waals surface area contributed by atoms with Gasteiger partial charge in [-0.1, -0.05) is 0 Å². The molecular formula is C20H25FN4O3. The number of ether oxygens (including phenoxy) is 1. The van der Waals surface area contributed by atoms with E-state index in [4.69, 9.17) is 4.74 Å². The average Bonchev–Trinajstić information content (AvgIpc) is 2.93. The molecule has 1 amide bonds. The molecule has 1 fully saturated rings. The van der Waals surface area contributed by atoms with Gasteiger partial charge in [0.15, 0.2) is 6.61 Å². The van der Waals surface area contributed by atoms with Gasteiger partial charge >= 0.3 is 5.97 Å². The number of piperazine rings is 1. The third kappa shape index (κ3) is 4.49. The van der Waals surface area contributed by atoms with Gasteiger partial charge in [0.25, 0.3) is 5.91 Å². The lowest BCUT2D eigenvalue weighted by atomic mass is 10.1. The number of benzene rings is 1. The highest BCUT2D eigenvalue weighted by Crippen LogP contribution is 2.17. The van der Waals surface area contributed by atoms with Crippen LogP contribution in [0.15, 0.2) is 24.3 Å². The second kappa shape index (κ2) is 8.41. The zero-order chi connectivity index (χ0) is 20.3. The van der Waals surface area contributed by atoms with Gasteiger partial charge in [-0.2, -0.15) is 5.10 Å². The smallest absolute Gasteiger partial charge is 0.310 e. The number of rotatable bonds is 5. The third-order valence-corrected chi connectivity index (χ3v) is 5.16. The highest BCUT2D eigenvalue weighted by Gasteiger charge is 2.23. The van der Waals surface area contributed by atoms with E-state index in [-0.39, 0.29) is 24.8 Å². The lowest BCUT2D eigenvalue weighted by Crippen LogP contribution is -2.50. The summed E-state index contributed by atoms with van der Waals surface area (Å²) < 4.78 is 19.9. The summed E-state index contributed by atoms with van der Waals surface area (Å²) in [5.41, 5.74) is 3.48. The molecule has 2 aromatic rings. The Balaban J connectivity index is 1.45. The molecule has 0 atom stereocenters. The minimum Gasteiger partial charge on any atom is -0.455 e. The number of amides is 1. The molecule has 0 spiro atoms. The minimum atomic E-state index is -0.433. The number of aromatic nitrogens is 2. The number of hydrogen-bond acceptors (Lipinski definition) is 5. The quantitative estimate of drug-likeness (QED) is 0.728. The lowest BCUT2D eigenvalue weighted by Gasteiger charge is -2.36. The van der Waals surface area contributed by atoms with Gasteiger partial charge in [0.2, 0.25) is 0 Å². The number of anilines is 1. The van der Waals surface area contributed by atoms with Gasteiger partial charge in [-0.3, -0.25) is 14.3 Å². The monoisotopic (exact) mass is 388 g/mol. The number of carbonyl (C=O) groups is 2. The molecule has 0 radical (unpaired) electrons. The van der Waals surface area contributed by atoms with Crippen LogP contribution in [0, 0.1) is 19.7 Å². The fourth-order valence-corrected chi connectivity index (χ4v) is 3.37. The van der Waals surface area contributed by atoms with Crippen LogP contribution in [0.5, 0.6) is 0 Å². The van der Waals surface area contributed by atoms with Crippen molar-refractivity contribution in [2.75, 3.05) is 37.7 Å². The van der Waals surface area contributed by atoms with Crippen LogP contribution in [0.2, 0.25) is 0 Å². The van der Waals surface area contributed by atoms with Crippen LogP contribution >= 0.6 is 0 Å². The molecule has 8 heteroatoms. The van der Waals surface area contributed by atoms with E-state index in [2.05, 4.69) is 10.00 Å². The predicted molar refractivity (Wildman–Crippen MR) is 103 cm³/mol. The maximum absolute atomic E-state index is 13.0. The maximum atomic E-state index is 13.0. The van der Waals surface area contributed by atoms with Crippen molar-refractivity contribution in [3.63, 3.8) is 0 Å². The summed E-state index contributed by atoms with van der Waals surface area (Å²) >= 11 is 0. The molecule has 7 nitrogen and oxygen atoms in total. The lowest BCUT2D eigenvalue weighted by molar-refractivity contribution is -0.151. The van der Waals surface area contributed by atoms with Gasteiger partial charge in [-0.05, 0) is 38.1 Å². The summed E-state index contributed by atoms with van der Waals surface area (Å²) in [6.07, 6.45) is 0.108. The van der Waals surface area contributed by atoms with Crippen LogP contribution in [0.1, 0.15) is 17.0 Å². The number of nitrogens with zero attached hydrogens (tertiary/aromatic N) is 4. The van der Waals surface area contributed by atoms with Crippen LogP contribution in [0.4, 0.5) is 10.1 Å². The van der Waals surface area contributed by atoms with Crippen molar-refractivity contribution in [3.05, 3.63) is 47.0 Å². The van der Waals surface area contributed by atoms with Crippen molar-refractivity contribution in [2.24, 2.45) is 7.05 Å². The van der Waals surface area contributed by atoms with Crippen LogP contribution in [0.3, 0.4) is 0 Å². The molecule has 3 rings (SSSR count). The van der Waals surface area contributed by atoms with Crippen LogP contribution in [0.25, 0.3) is 0 Å². The van der Waals surface area contributed by atoms with Crippen molar-refractivity contribution in [1.82, 2.24) is 14.7 Å². The summed E-state index contributed by atoms with van der Waals surface area (Å²) in [7, 11) is 1.83. The van der Waals surface area contributed by atoms with E-state index < -0.39 is 5.97 Å². The second-order valence-electron chi connectivity index (χ2n) is 6.95. The zero-order valence-electron chi connectivity index (χ0n) is 16.4. The predicted octanol–water partition coefficient (Wildman–Crippen LogP) is 1.61. The Morgan fingerprint density at radius 1 is 1.11 bits per heavy atom. The van der Waals surface area contributed by atoms with Gasteiger partial charge in [-0.25, -0.2) is 4.39 Å². The first-order valence-corrected chi connectivity index (χ1v) is 9.28. The van der Waals surface area contributed by atoms with Crippen LogP contribution < -0.4 is 4.90 Å². The fourth-order valence-electron chi connectivity index (χ4n) is 3.37. The van der Waals surface area contributed by atoms with Crippen molar-refractivity contribution in [2.45, 2.75) is 20.3 Å². The average molecular weight is 388 g/mol. The van der Waals surface area contributed by atoms with E-state index in [1.165, 1.54) is 12.1 Å². The van der Waals surface area contributed by atoms with E-state index in [0.29, 0.717) is 26.2 Å². The number of hydrogen-bond donors (Lipinski definition) is 0. The van der Waals surface area contributed by atoms with Gasteiger partial charge in [0.05, 0.1) is 12.1 Å². The SMILES string of the molecule is Cc1nn(C)c(C)c1CC(=O)OCC(=O)N1CCN(c2ccc(F)cc2)CC1. The number of esters is 1. The largest absolute Gasteiger partial charge is 0.455 e. The number of carbonyl (C=O) groups excluding carboxylic acids is 2. The summed E-state index contributed by atoms with van der Waals surface area (Å²) in [4.78, 5) is 28.2. The Kier molecular flexibility index (Phi) is 5.96. The molecule has 150 valence electrons. The highest BCUT2D eigenvalue weighted by molar-refractivity contribution is 5.81. The maximum Gasteiger partial charge on any atom is 0.310 e. The Morgan fingerprint density at radius 2 is 1.75 bits per heavy atom. The molecule has 0 N–H and O–H groups in total.